The van der Waals surface area contributed by atoms with Crippen molar-refractivity contribution in [3.05, 3.63) is 52.2 Å². The fourth-order valence-corrected chi connectivity index (χ4v) is 2.74. The van der Waals surface area contributed by atoms with Gasteiger partial charge >= 0.3 is 5.69 Å². The van der Waals surface area contributed by atoms with Gasteiger partial charge < -0.3 is 4.74 Å². The van der Waals surface area contributed by atoms with Crippen molar-refractivity contribution in [2.45, 2.75) is 31.9 Å². The van der Waals surface area contributed by atoms with Gasteiger partial charge in [-0.3, -0.25) is 4.57 Å². The predicted octanol–water partition coefficient (Wildman–Crippen LogP) is 1.84. The molecule has 5 heteroatoms. The van der Waals surface area contributed by atoms with E-state index in [2.05, 4.69) is 22.3 Å². The first-order valence-corrected chi connectivity index (χ1v) is 6.63. The standard InChI is InChI=1S/C14H17N3O2/c1-2-17-13(15-16-14(17)18)12-11(8-9-19-12)10-6-4-3-5-7-10/h3-7,11-12H,2,8-9H2,1H3,(H,16,18)/t11-,12+/m1/s1. The third kappa shape index (κ3) is 2.10. The lowest BCUT2D eigenvalue weighted by molar-refractivity contribution is 0.0937. The zero-order valence-electron chi connectivity index (χ0n) is 10.9. The Labute approximate surface area is 111 Å². The van der Waals surface area contributed by atoms with Gasteiger partial charge in [-0.25, -0.2) is 9.89 Å². The van der Waals surface area contributed by atoms with E-state index in [0.29, 0.717) is 19.0 Å². The summed E-state index contributed by atoms with van der Waals surface area (Å²) in [6.07, 6.45) is 0.820. The quantitative estimate of drug-likeness (QED) is 0.915. The molecule has 1 aliphatic rings. The van der Waals surface area contributed by atoms with Gasteiger partial charge in [0.1, 0.15) is 6.10 Å². The molecule has 0 aliphatic carbocycles. The van der Waals surface area contributed by atoms with Crippen molar-refractivity contribution in [1.82, 2.24) is 14.8 Å². The minimum atomic E-state index is -0.167. The van der Waals surface area contributed by atoms with Crippen LogP contribution in [0.3, 0.4) is 0 Å². The topological polar surface area (TPSA) is 59.9 Å². The molecule has 0 saturated carbocycles. The van der Waals surface area contributed by atoms with Gasteiger partial charge in [0.05, 0.1) is 0 Å². The fraction of sp³-hybridized carbons (Fsp3) is 0.429. The van der Waals surface area contributed by atoms with Gasteiger partial charge in [0.2, 0.25) is 0 Å². The molecule has 1 saturated heterocycles. The zero-order chi connectivity index (χ0) is 13.2. The molecular formula is C14H17N3O2. The molecule has 2 heterocycles. The van der Waals surface area contributed by atoms with Crippen molar-refractivity contribution in [2.24, 2.45) is 0 Å². The molecule has 1 fully saturated rings. The second-order valence-corrected chi connectivity index (χ2v) is 4.73. The highest BCUT2D eigenvalue weighted by molar-refractivity contribution is 5.23. The number of nitrogens with one attached hydrogen (secondary N) is 1. The van der Waals surface area contributed by atoms with Gasteiger partial charge in [-0.15, -0.1) is 0 Å². The Hall–Kier alpha value is -1.88. The Morgan fingerprint density at radius 1 is 1.42 bits per heavy atom. The predicted molar refractivity (Wildman–Crippen MR) is 71.0 cm³/mol. The molecule has 0 unspecified atom stereocenters. The fourth-order valence-electron chi connectivity index (χ4n) is 2.74. The first-order chi connectivity index (χ1) is 9.31. The summed E-state index contributed by atoms with van der Waals surface area (Å²) < 4.78 is 7.46. The van der Waals surface area contributed by atoms with Crippen LogP contribution in [0.4, 0.5) is 0 Å². The number of benzene rings is 1. The van der Waals surface area contributed by atoms with E-state index in [9.17, 15) is 4.79 Å². The Morgan fingerprint density at radius 2 is 2.21 bits per heavy atom. The van der Waals surface area contributed by atoms with Crippen LogP contribution in [0.1, 0.15) is 36.8 Å². The second kappa shape index (κ2) is 5.01. The largest absolute Gasteiger partial charge is 0.370 e. The van der Waals surface area contributed by atoms with Gasteiger partial charge in [-0.2, -0.15) is 5.10 Å². The molecule has 100 valence electrons. The molecule has 0 amide bonds. The molecule has 0 radical (unpaired) electrons. The van der Waals surface area contributed by atoms with Crippen molar-refractivity contribution in [3.63, 3.8) is 0 Å². The molecule has 1 aliphatic heterocycles. The number of hydrogen-bond donors (Lipinski definition) is 1. The van der Waals surface area contributed by atoms with Gasteiger partial charge in [0.25, 0.3) is 0 Å². The summed E-state index contributed by atoms with van der Waals surface area (Å²) in [7, 11) is 0. The number of rotatable bonds is 3. The van der Waals surface area contributed by atoms with E-state index in [1.54, 1.807) is 4.57 Å². The SMILES string of the molecule is CCn1c([C@H]2OCC[C@@H]2c2ccccc2)n[nH]c1=O. The number of hydrogen-bond acceptors (Lipinski definition) is 3. The minimum Gasteiger partial charge on any atom is -0.370 e. The normalized spacial score (nSPS) is 22.8. The van der Waals surface area contributed by atoms with Crippen molar-refractivity contribution < 1.29 is 4.74 Å². The molecule has 0 spiro atoms. The monoisotopic (exact) mass is 259 g/mol. The third-order valence-electron chi connectivity index (χ3n) is 3.68. The average molecular weight is 259 g/mol. The van der Waals surface area contributed by atoms with Crippen LogP contribution in [0.25, 0.3) is 0 Å². The smallest absolute Gasteiger partial charge is 0.343 e. The summed E-state index contributed by atoms with van der Waals surface area (Å²) in [6.45, 7) is 3.24. The lowest BCUT2D eigenvalue weighted by Gasteiger charge is -2.18. The maximum atomic E-state index is 11.7. The molecular weight excluding hydrogens is 242 g/mol. The minimum absolute atomic E-state index is 0.138. The average Bonchev–Trinajstić information content (AvgIpc) is 3.05. The number of nitrogens with zero attached hydrogens (tertiary/aromatic N) is 2. The number of ether oxygens (including phenoxy) is 1. The number of H-pyrrole nitrogens is 1. The molecule has 2 atom stereocenters. The molecule has 1 N–H and O–H groups in total. The van der Waals surface area contributed by atoms with Crippen LogP contribution in [0, 0.1) is 0 Å². The third-order valence-corrected chi connectivity index (χ3v) is 3.68. The maximum Gasteiger partial charge on any atom is 0.343 e. The molecule has 1 aromatic heterocycles. The van der Waals surface area contributed by atoms with Crippen LogP contribution in [-0.2, 0) is 11.3 Å². The molecule has 1 aromatic carbocycles. The Kier molecular flexibility index (Phi) is 3.21. The summed E-state index contributed by atoms with van der Waals surface area (Å²) in [6, 6.07) is 10.3. The zero-order valence-corrected chi connectivity index (χ0v) is 10.9. The van der Waals surface area contributed by atoms with Gasteiger partial charge in [0, 0.05) is 19.1 Å². The molecule has 19 heavy (non-hydrogen) atoms. The Balaban J connectivity index is 1.98. The summed E-state index contributed by atoms with van der Waals surface area (Å²) >= 11 is 0. The van der Waals surface area contributed by atoms with E-state index >= 15 is 0 Å². The van der Waals surface area contributed by atoms with Crippen molar-refractivity contribution >= 4 is 0 Å². The molecule has 3 rings (SSSR count). The number of aromatic amines is 1. The first-order valence-electron chi connectivity index (χ1n) is 6.63. The Bertz CT molecular complexity index is 603. The van der Waals surface area contributed by atoms with Crippen molar-refractivity contribution in [2.75, 3.05) is 6.61 Å². The van der Waals surface area contributed by atoms with E-state index in [4.69, 9.17) is 4.74 Å². The Morgan fingerprint density at radius 3 is 2.95 bits per heavy atom. The lowest BCUT2D eigenvalue weighted by atomic mass is 9.92. The van der Waals surface area contributed by atoms with E-state index in [0.717, 1.165) is 6.42 Å². The van der Waals surface area contributed by atoms with Crippen LogP contribution in [0.15, 0.2) is 35.1 Å². The van der Waals surface area contributed by atoms with Crippen LogP contribution in [0.5, 0.6) is 0 Å². The summed E-state index contributed by atoms with van der Waals surface area (Å²) in [5.74, 6) is 0.973. The van der Waals surface area contributed by atoms with Gasteiger partial charge in [-0.05, 0) is 18.9 Å². The first kappa shape index (κ1) is 12.2. The van der Waals surface area contributed by atoms with Crippen LogP contribution < -0.4 is 5.69 Å². The van der Waals surface area contributed by atoms with Gasteiger partial charge in [-0.1, -0.05) is 30.3 Å². The summed E-state index contributed by atoms with van der Waals surface area (Å²) in [4.78, 5) is 11.7. The van der Waals surface area contributed by atoms with Crippen LogP contribution in [-0.4, -0.2) is 21.4 Å². The summed E-state index contributed by atoms with van der Waals surface area (Å²) in [5, 5.41) is 6.66. The van der Waals surface area contributed by atoms with Gasteiger partial charge in [0.15, 0.2) is 5.82 Å². The van der Waals surface area contributed by atoms with Crippen LogP contribution >= 0.6 is 0 Å². The van der Waals surface area contributed by atoms with E-state index < -0.39 is 0 Å². The van der Waals surface area contributed by atoms with Crippen molar-refractivity contribution in [3.8, 4) is 0 Å². The van der Waals surface area contributed by atoms with Crippen molar-refractivity contribution in [1.29, 1.82) is 0 Å². The van der Waals surface area contributed by atoms with E-state index in [1.807, 2.05) is 25.1 Å². The van der Waals surface area contributed by atoms with Crippen LogP contribution in [0.2, 0.25) is 0 Å². The lowest BCUT2D eigenvalue weighted by Crippen LogP contribution is -2.20. The number of aromatic nitrogens is 3. The summed E-state index contributed by atoms with van der Waals surface area (Å²) in [5.41, 5.74) is 1.07. The molecule has 5 nitrogen and oxygen atoms in total. The highest BCUT2D eigenvalue weighted by Crippen LogP contribution is 2.40. The molecule has 2 aromatic rings. The highest BCUT2D eigenvalue weighted by Gasteiger charge is 2.34. The molecule has 0 bridgehead atoms. The van der Waals surface area contributed by atoms with E-state index in [1.165, 1.54) is 5.56 Å². The van der Waals surface area contributed by atoms with E-state index in [-0.39, 0.29) is 17.7 Å². The maximum absolute atomic E-state index is 11.7. The highest BCUT2D eigenvalue weighted by atomic mass is 16.5. The second-order valence-electron chi connectivity index (χ2n) is 4.73.